The fourth-order valence-electron chi connectivity index (χ4n) is 0. The number of hydrogen-bond donors (Lipinski definition) is 0. The third kappa shape index (κ3) is 10.1. The van der Waals surface area contributed by atoms with Crippen molar-refractivity contribution in [2.45, 2.75) is 0 Å². The van der Waals surface area contributed by atoms with Crippen molar-refractivity contribution in [3.8, 4) is 0 Å². The average molecular weight is 196 g/mol. The van der Waals surface area contributed by atoms with Crippen LogP contribution in [0.15, 0.2) is 0 Å². The summed E-state index contributed by atoms with van der Waals surface area (Å²) in [7, 11) is 0. The van der Waals surface area contributed by atoms with E-state index >= 15 is 0 Å². The summed E-state index contributed by atoms with van der Waals surface area (Å²) in [5.74, 6) is 0. The van der Waals surface area contributed by atoms with Crippen molar-refractivity contribution in [2.75, 3.05) is 0 Å². The topological polar surface area (TPSA) is 57.0 Å². The zero-order valence-electron chi connectivity index (χ0n) is 1.93. The normalized spacial score (nSPS) is 0. The second-order valence-electron chi connectivity index (χ2n) is 0. The molecule has 0 unspecified atom stereocenters. The van der Waals surface area contributed by atoms with Crippen LogP contribution in [-0.4, -0.2) is 0 Å². The van der Waals surface area contributed by atoms with E-state index in [2.05, 4.69) is 0 Å². The van der Waals surface area contributed by atoms with Gasteiger partial charge in [0.2, 0.25) is 0 Å². The van der Waals surface area contributed by atoms with Gasteiger partial charge in [0.25, 0.3) is 0 Å². The molecule has 19 valence electrons. The van der Waals surface area contributed by atoms with E-state index in [1.165, 1.54) is 0 Å². The molecule has 0 N–H and O–H groups in total. The van der Waals surface area contributed by atoms with E-state index in [0.717, 1.165) is 0 Å². The zero-order chi connectivity index (χ0) is 0. The first-order valence-corrected chi connectivity index (χ1v) is 0. The molecule has 0 aliphatic rings. The van der Waals surface area contributed by atoms with Crippen LogP contribution in [0.25, 0.3) is 0 Å². The summed E-state index contributed by atoms with van der Waals surface area (Å²) in [4.78, 5) is 0. The summed E-state index contributed by atoms with van der Waals surface area (Å²) in [6.07, 6.45) is 0. The standard InChI is InChI=1S/Cd.Cr.2O/q+2;+3;2*-2. The van der Waals surface area contributed by atoms with E-state index in [0.29, 0.717) is 0 Å². The molecule has 0 bridgehead atoms. The molecule has 2 nitrogen and oxygen atoms in total. The maximum Gasteiger partial charge on any atom is 3.00 e. The van der Waals surface area contributed by atoms with Crippen LogP contribution in [0.4, 0.5) is 0 Å². The van der Waals surface area contributed by atoms with Gasteiger partial charge in [0.1, 0.15) is 0 Å². The Balaban J connectivity index is 0. The Morgan fingerprint density at radius 3 is 0.750 bits per heavy atom. The van der Waals surface area contributed by atoms with Crippen molar-refractivity contribution in [3.63, 3.8) is 0 Å². The molecule has 0 amide bonds. The van der Waals surface area contributed by atoms with Crippen LogP contribution in [-0.2, 0) is 55.6 Å². The largest absolute Gasteiger partial charge is 3.00 e. The summed E-state index contributed by atoms with van der Waals surface area (Å²) >= 11 is 0. The Bertz CT molecular complexity index is 6.00. The van der Waals surface area contributed by atoms with Crippen LogP contribution in [0.2, 0.25) is 0 Å². The zero-order valence-corrected chi connectivity index (χ0v) is 7.24. The van der Waals surface area contributed by atoms with Crippen molar-refractivity contribution in [1.29, 1.82) is 0 Å². The molecule has 0 saturated carbocycles. The fraction of sp³-hybridized carbons (Fsp3) is 0. The first-order valence-electron chi connectivity index (χ1n) is 0. The van der Waals surface area contributed by atoms with Gasteiger partial charge in [-0.15, -0.1) is 0 Å². The number of hydrogen-bond acceptors (Lipinski definition) is 0. The summed E-state index contributed by atoms with van der Waals surface area (Å²) in [5.41, 5.74) is 0. The minimum absolute atomic E-state index is 0. The third-order valence-electron chi connectivity index (χ3n) is 0. The third-order valence-corrected chi connectivity index (χ3v) is 0. The van der Waals surface area contributed by atoms with Gasteiger partial charge < -0.3 is 11.0 Å². The molecule has 0 aromatic rings. The first-order chi connectivity index (χ1) is 0. The first kappa shape index (κ1) is 54.4. The van der Waals surface area contributed by atoms with Crippen molar-refractivity contribution < 1.29 is 55.6 Å². The van der Waals surface area contributed by atoms with E-state index in [9.17, 15) is 0 Å². The van der Waals surface area contributed by atoms with Gasteiger partial charge in [0.05, 0.1) is 0 Å². The smallest absolute Gasteiger partial charge is 2.00 e. The molecule has 0 aliphatic carbocycles. The molecule has 1 radical (unpaired) electrons. The van der Waals surface area contributed by atoms with Gasteiger partial charge in [-0.25, -0.2) is 0 Å². The van der Waals surface area contributed by atoms with Crippen molar-refractivity contribution in [1.82, 2.24) is 0 Å². The predicted molar refractivity (Wildman–Crippen MR) is 1.37 cm³/mol. The van der Waals surface area contributed by atoms with E-state index in [4.69, 9.17) is 0 Å². The summed E-state index contributed by atoms with van der Waals surface area (Å²) in [6, 6.07) is 0. The quantitative estimate of drug-likeness (QED) is 0.480. The molecule has 0 aromatic heterocycles. The van der Waals surface area contributed by atoms with Crippen molar-refractivity contribution >= 4 is 0 Å². The van der Waals surface area contributed by atoms with E-state index in [1.807, 2.05) is 0 Å². The molecule has 0 saturated heterocycles. The summed E-state index contributed by atoms with van der Waals surface area (Å²) in [6.45, 7) is 0. The van der Waals surface area contributed by atoms with Crippen LogP contribution in [0.5, 0.6) is 0 Å². The molecular formula is CdCrO2+. The van der Waals surface area contributed by atoms with Crippen molar-refractivity contribution in [2.24, 2.45) is 0 Å². The van der Waals surface area contributed by atoms with Gasteiger partial charge in [-0.2, -0.15) is 0 Å². The monoisotopic (exact) mass is 198 g/mol. The molecule has 4 heavy (non-hydrogen) atoms. The van der Waals surface area contributed by atoms with Gasteiger partial charge >= 0.3 is 44.7 Å². The fourth-order valence-corrected chi connectivity index (χ4v) is 0. The maximum absolute atomic E-state index is 0. The van der Waals surface area contributed by atoms with Crippen molar-refractivity contribution in [3.05, 3.63) is 0 Å². The molecule has 4 heteroatoms. The molecule has 0 fully saturated rings. The second kappa shape index (κ2) is 26.4. The minimum Gasteiger partial charge on any atom is -2.00 e. The van der Waals surface area contributed by atoms with Gasteiger partial charge in [-0.3, -0.25) is 0 Å². The van der Waals surface area contributed by atoms with Crippen LogP contribution < -0.4 is 0 Å². The van der Waals surface area contributed by atoms with Gasteiger partial charge in [-0.1, -0.05) is 0 Å². The van der Waals surface area contributed by atoms with Gasteiger partial charge in [-0.05, 0) is 0 Å². The maximum atomic E-state index is 0. The summed E-state index contributed by atoms with van der Waals surface area (Å²) < 4.78 is 0. The van der Waals surface area contributed by atoms with E-state index < -0.39 is 0 Å². The Morgan fingerprint density at radius 1 is 0.750 bits per heavy atom. The Hall–Kier alpha value is 1.37. The second-order valence-corrected chi connectivity index (χ2v) is 0. The Labute approximate surface area is 55.5 Å². The Kier molecular flexibility index (Phi) is 359. The molecule has 0 heterocycles. The Morgan fingerprint density at radius 2 is 0.750 bits per heavy atom. The van der Waals surface area contributed by atoms with Gasteiger partial charge in [0.15, 0.2) is 0 Å². The van der Waals surface area contributed by atoms with Crippen LogP contribution in [0.3, 0.4) is 0 Å². The van der Waals surface area contributed by atoms with Crippen LogP contribution >= 0.6 is 0 Å². The van der Waals surface area contributed by atoms with Crippen LogP contribution in [0.1, 0.15) is 0 Å². The van der Waals surface area contributed by atoms with E-state index in [1.54, 1.807) is 0 Å². The number of rotatable bonds is 0. The molecule has 0 aliphatic heterocycles. The van der Waals surface area contributed by atoms with Gasteiger partial charge in [0, 0.05) is 0 Å². The molecular weight excluding hydrogens is 196 g/mol. The molecule has 0 aromatic carbocycles. The SMILES string of the molecule is [Cd+2].[Cr+3].[O-2].[O-2]. The summed E-state index contributed by atoms with van der Waals surface area (Å²) in [5, 5.41) is 0. The molecule has 0 spiro atoms. The minimum atomic E-state index is 0. The van der Waals surface area contributed by atoms with Crippen LogP contribution in [0, 0.1) is 0 Å². The average Bonchev–Trinajstić information content (AvgIpc) is 0. The molecule has 0 atom stereocenters. The molecule has 0 rings (SSSR count). The van der Waals surface area contributed by atoms with E-state index in [-0.39, 0.29) is 55.6 Å². The predicted octanol–water partition coefficient (Wildman–Crippen LogP) is -0.243.